The predicted molar refractivity (Wildman–Crippen MR) is 87.7 cm³/mol. The van der Waals surface area contributed by atoms with E-state index in [1.807, 2.05) is 0 Å². The van der Waals surface area contributed by atoms with Gasteiger partial charge in [-0.15, -0.1) is 0 Å². The van der Waals surface area contributed by atoms with Crippen molar-refractivity contribution in [1.82, 2.24) is 19.8 Å². The number of fused-ring (bicyclic) bond motifs is 4. The van der Waals surface area contributed by atoms with E-state index in [2.05, 4.69) is 19.8 Å². The third-order valence-corrected chi connectivity index (χ3v) is 5.58. The van der Waals surface area contributed by atoms with Crippen LogP contribution in [-0.2, 0) is 11.2 Å². The molecule has 2 bridgehead atoms. The lowest BCUT2D eigenvalue weighted by Gasteiger charge is -2.36. The lowest BCUT2D eigenvalue weighted by molar-refractivity contribution is -0.131. The van der Waals surface area contributed by atoms with Gasteiger partial charge in [-0.05, 0) is 43.9 Å². The van der Waals surface area contributed by atoms with Gasteiger partial charge in [0, 0.05) is 57.2 Å². The van der Waals surface area contributed by atoms with E-state index in [0.29, 0.717) is 30.7 Å². The van der Waals surface area contributed by atoms with E-state index in [4.69, 9.17) is 0 Å². The zero-order valence-electron chi connectivity index (χ0n) is 13.7. The molecule has 5 nitrogen and oxygen atoms in total. The van der Waals surface area contributed by atoms with E-state index in [9.17, 15) is 4.79 Å². The van der Waals surface area contributed by atoms with Crippen LogP contribution in [0.1, 0.15) is 37.8 Å². The van der Waals surface area contributed by atoms with Crippen molar-refractivity contribution in [3.63, 3.8) is 0 Å². The smallest absolute Gasteiger partial charge is 0.223 e. The normalized spacial score (nSPS) is 27.9. The van der Waals surface area contributed by atoms with Crippen LogP contribution < -0.4 is 0 Å². The van der Waals surface area contributed by atoms with Crippen molar-refractivity contribution in [3.8, 4) is 0 Å². The molecule has 1 aliphatic carbocycles. The van der Waals surface area contributed by atoms with Gasteiger partial charge in [0.25, 0.3) is 0 Å². The van der Waals surface area contributed by atoms with Crippen LogP contribution in [-0.4, -0.2) is 57.9 Å². The monoisotopic (exact) mass is 314 g/mol. The molecular formula is C18H26N4O. The van der Waals surface area contributed by atoms with E-state index in [-0.39, 0.29) is 0 Å². The van der Waals surface area contributed by atoms with Crippen molar-refractivity contribution in [2.24, 2.45) is 11.8 Å². The lowest BCUT2D eigenvalue weighted by Crippen LogP contribution is -2.45. The molecule has 1 aromatic rings. The number of hydrogen-bond donors (Lipinski definition) is 0. The molecule has 3 aliphatic heterocycles. The topological polar surface area (TPSA) is 49.3 Å². The highest BCUT2D eigenvalue weighted by atomic mass is 16.2. The summed E-state index contributed by atoms with van der Waals surface area (Å²) < 4.78 is 0. The fraction of sp³-hybridized carbons (Fsp3) is 0.722. The Hall–Kier alpha value is -1.49. The van der Waals surface area contributed by atoms with Crippen molar-refractivity contribution in [1.29, 1.82) is 0 Å². The molecule has 23 heavy (non-hydrogen) atoms. The highest BCUT2D eigenvalue weighted by Gasteiger charge is 2.38. The first kappa shape index (κ1) is 15.1. The molecular weight excluding hydrogens is 288 g/mol. The summed E-state index contributed by atoms with van der Waals surface area (Å²) in [6.07, 6.45) is 11.8. The maximum atomic E-state index is 12.6. The first-order valence-electron chi connectivity index (χ1n) is 9.04. The quantitative estimate of drug-likeness (QED) is 0.831. The number of carbonyl (C=O) groups is 1. The number of aryl methyl sites for hydroxylation is 1. The zero-order chi connectivity index (χ0) is 15.6. The number of carbonyl (C=O) groups excluding carboxylic acids is 1. The van der Waals surface area contributed by atoms with Crippen LogP contribution in [0, 0.1) is 11.8 Å². The molecule has 0 radical (unpaired) electrons. The Morgan fingerprint density at radius 3 is 2.83 bits per heavy atom. The number of aromatic nitrogens is 2. The molecule has 4 fully saturated rings. The summed E-state index contributed by atoms with van der Waals surface area (Å²) in [6.45, 7) is 4.36. The maximum Gasteiger partial charge on any atom is 0.223 e. The lowest BCUT2D eigenvalue weighted by atomic mass is 9.95. The van der Waals surface area contributed by atoms with Crippen molar-refractivity contribution >= 4 is 5.91 Å². The van der Waals surface area contributed by atoms with Crippen LogP contribution in [0.2, 0.25) is 0 Å². The molecule has 4 heterocycles. The number of piperidine rings is 1. The van der Waals surface area contributed by atoms with Crippen LogP contribution in [0.5, 0.6) is 0 Å². The standard InChI is InChI=1S/C18H26N4O/c23-18(6-4-16-9-19-7-8-20-16)22-12-15-3-5-17(13-22)21(11-15)10-14-1-2-14/h7-9,14-15,17H,1-6,10-13H2/t15-,17-/m1/s1. The van der Waals surface area contributed by atoms with Gasteiger partial charge in [-0.25, -0.2) is 0 Å². The van der Waals surface area contributed by atoms with Crippen LogP contribution in [0.4, 0.5) is 0 Å². The Morgan fingerprint density at radius 1 is 1.13 bits per heavy atom. The summed E-state index contributed by atoms with van der Waals surface area (Å²) >= 11 is 0. The molecule has 2 atom stereocenters. The fourth-order valence-electron chi connectivity index (χ4n) is 4.09. The average Bonchev–Trinajstić information content (AvgIpc) is 3.41. The summed E-state index contributed by atoms with van der Waals surface area (Å²) in [5.41, 5.74) is 0.911. The molecule has 1 saturated carbocycles. The summed E-state index contributed by atoms with van der Waals surface area (Å²) in [5.74, 6) is 1.91. The second-order valence-corrected chi connectivity index (χ2v) is 7.49. The third kappa shape index (κ3) is 3.71. The Labute approximate surface area is 138 Å². The number of nitrogens with zero attached hydrogens (tertiary/aromatic N) is 4. The molecule has 1 aromatic heterocycles. The van der Waals surface area contributed by atoms with Crippen LogP contribution >= 0.6 is 0 Å². The number of rotatable bonds is 5. The predicted octanol–water partition coefficient (Wildman–Crippen LogP) is 1.74. The summed E-state index contributed by atoms with van der Waals surface area (Å²) in [7, 11) is 0. The molecule has 0 N–H and O–H groups in total. The highest BCUT2D eigenvalue weighted by Crippen LogP contribution is 2.34. The Morgan fingerprint density at radius 2 is 2.04 bits per heavy atom. The van der Waals surface area contributed by atoms with Crippen molar-refractivity contribution < 1.29 is 4.79 Å². The number of amides is 1. The summed E-state index contributed by atoms with van der Waals surface area (Å²) in [6, 6.07) is 0.592. The van der Waals surface area contributed by atoms with Crippen molar-refractivity contribution in [3.05, 3.63) is 24.3 Å². The van der Waals surface area contributed by atoms with Gasteiger partial charge in [-0.3, -0.25) is 19.7 Å². The van der Waals surface area contributed by atoms with Gasteiger partial charge in [0.2, 0.25) is 5.91 Å². The average molecular weight is 314 g/mol. The Kier molecular flexibility index (Phi) is 4.29. The van der Waals surface area contributed by atoms with Gasteiger partial charge in [0.05, 0.1) is 5.69 Å². The van der Waals surface area contributed by atoms with E-state index in [1.165, 1.54) is 38.8 Å². The molecule has 5 rings (SSSR count). The van der Waals surface area contributed by atoms with Crippen LogP contribution in [0.15, 0.2) is 18.6 Å². The Bertz CT molecular complexity index is 545. The van der Waals surface area contributed by atoms with Gasteiger partial charge in [0.1, 0.15) is 0 Å². The van der Waals surface area contributed by atoms with Gasteiger partial charge in [0.15, 0.2) is 0 Å². The van der Waals surface area contributed by atoms with Gasteiger partial charge in [-0.2, -0.15) is 0 Å². The van der Waals surface area contributed by atoms with Gasteiger partial charge in [-0.1, -0.05) is 0 Å². The summed E-state index contributed by atoms with van der Waals surface area (Å²) in [5, 5.41) is 0. The van der Waals surface area contributed by atoms with Crippen LogP contribution in [0.25, 0.3) is 0 Å². The molecule has 0 unspecified atom stereocenters. The molecule has 3 saturated heterocycles. The van der Waals surface area contributed by atoms with E-state index in [1.54, 1.807) is 18.6 Å². The van der Waals surface area contributed by atoms with Gasteiger partial charge >= 0.3 is 0 Å². The zero-order valence-corrected chi connectivity index (χ0v) is 13.7. The minimum Gasteiger partial charge on any atom is -0.341 e. The minimum absolute atomic E-state index is 0.292. The molecule has 1 amide bonds. The van der Waals surface area contributed by atoms with Gasteiger partial charge < -0.3 is 4.90 Å². The Balaban J connectivity index is 1.34. The molecule has 0 aromatic carbocycles. The molecule has 124 valence electrons. The maximum absolute atomic E-state index is 12.6. The molecule has 0 spiro atoms. The largest absolute Gasteiger partial charge is 0.341 e. The van der Waals surface area contributed by atoms with Crippen molar-refractivity contribution in [2.45, 2.75) is 44.6 Å². The van der Waals surface area contributed by atoms with E-state index >= 15 is 0 Å². The summed E-state index contributed by atoms with van der Waals surface area (Å²) in [4.78, 5) is 25.8. The van der Waals surface area contributed by atoms with E-state index < -0.39 is 0 Å². The first-order chi connectivity index (χ1) is 11.3. The van der Waals surface area contributed by atoms with Crippen LogP contribution in [0.3, 0.4) is 0 Å². The third-order valence-electron chi connectivity index (χ3n) is 5.58. The first-order valence-corrected chi connectivity index (χ1v) is 9.04. The second kappa shape index (κ2) is 6.56. The highest BCUT2D eigenvalue weighted by molar-refractivity contribution is 5.76. The van der Waals surface area contributed by atoms with Crippen molar-refractivity contribution in [2.75, 3.05) is 26.2 Å². The fourth-order valence-corrected chi connectivity index (χ4v) is 4.09. The molecule has 5 heteroatoms. The SMILES string of the molecule is O=C(CCc1cnccn1)N1C[C@@H]2CC[C@H](C1)N(CC1CC1)C2. The number of hydrogen-bond acceptors (Lipinski definition) is 4. The minimum atomic E-state index is 0.292. The van der Waals surface area contributed by atoms with E-state index in [0.717, 1.165) is 24.7 Å². The molecule has 4 aliphatic rings. The second-order valence-electron chi connectivity index (χ2n) is 7.49.